The standard InChI is InChI=1S/C21H29FN4O2S.HI/c1-4-23-21(24-12-13-26(2)20-8-6-5-7-9-20)25-15-18-14-19(22)11-10-17(18)16-29(3,27)28;/h5-11,14H,4,12-13,15-16H2,1-3H3,(H2,23,24,25);1H. The normalized spacial score (nSPS) is 11.5. The summed E-state index contributed by atoms with van der Waals surface area (Å²) in [5.41, 5.74) is 2.26. The van der Waals surface area contributed by atoms with Gasteiger partial charge in [-0.15, -0.1) is 24.0 Å². The molecule has 0 amide bonds. The van der Waals surface area contributed by atoms with Crippen molar-refractivity contribution in [3.05, 3.63) is 65.5 Å². The molecule has 6 nitrogen and oxygen atoms in total. The number of benzene rings is 2. The molecule has 0 radical (unpaired) electrons. The van der Waals surface area contributed by atoms with Crippen LogP contribution in [-0.2, 0) is 22.1 Å². The lowest BCUT2D eigenvalue weighted by Crippen LogP contribution is -2.41. The Balaban J connectivity index is 0.00000450. The summed E-state index contributed by atoms with van der Waals surface area (Å²) in [5.74, 6) is 0.0580. The molecule has 2 rings (SSSR count). The Kier molecular flexibility index (Phi) is 11.1. The lowest BCUT2D eigenvalue weighted by Gasteiger charge is -2.20. The van der Waals surface area contributed by atoms with E-state index in [0.29, 0.717) is 30.2 Å². The first kappa shape index (κ1) is 26.2. The number of hydrogen-bond donors (Lipinski definition) is 2. The van der Waals surface area contributed by atoms with E-state index >= 15 is 0 Å². The smallest absolute Gasteiger partial charge is 0.191 e. The molecular formula is C21H30FIN4O2S. The quantitative estimate of drug-likeness (QED) is 0.286. The third kappa shape index (κ3) is 9.29. The molecule has 0 fully saturated rings. The van der Waals surface area contributed by atoms with Crippen molar-refractivity contribution in [2.24, 2.45) is 4.99 Å². The minimum absolute atomic E-state index is 0. The summed E-state index contributed by atoms with van der Waals surface area (Å²) in [6, 6.07) is 14.2. The fourth-order valence-electron chi connectivity index (χ4n) is 2.82. The van der Waals surface area contributed by atoms with Crippen LogP contribution in [-0.4, -0.2) is 47.3 Å². The monoisotopic (exact) mass is 548 g/mol. The number of guanidine groups is 1. The number of rotatable bonds is 9. The van der Waals surface area contributed by atoms with Gasteiger partial charge in [-0.05, 0) is 42.3 Å². The maximum Gasteiger partial charge on any atom is 0.191 e. The summed E-state index contributed by atoms with van der Waals surface area (Å²) >= 11 is 0. The van der Waals surface area contributed by atoms with E-state index in [1.54, 1.807) is 0 Å². The second-order valence-electron chi connectivity index (χ2n) is 6.86. The SMILES string of the molecule is CCNC(=NCc1cc(F)ccc1CS(C)(=O)=O)NCCN(C)c1ccccc1.I. The third-order valence-corrected chi connectivity index (χ3v) is 5.11. The van der Waals surface area contributed by atoms with E-state index < -0.39 is 15.7 Å². The van der Waals surface area contributed by atoms with E-state index in [9.17, 15) is 12.8 Å². The van der Waals surface area contributed by atoms with Crippen LogP contribution in [0.15, 0.2) is 53.5 Å². The molecule has 2 aromatic carbocycles. The second-order valence-corrected chi connectivity index (χ2v) is 9.00. The number of hydrogen-bond acceptors (Lipinski definition) is 4. The highest BCUT2D eigenvalue weighted by Gasteiger charge is 2.11. The summed E-state index contributed by atoms with van der Waals surface area (Å²) < 4.78 is 37.0. The molecule has 0 aliphatic heterocycles. The largest absolute Gasteiger partial charge is 0.373 e. The molecule has 2 aromatic rings. The first-order valence-electron chi connectivity index (χ1n) is 9.52. The van der Waals surface area contributed by atoms with Crippen molar-refractivity contribution in [2.45, 2.75) is 19.2 Å². The molecule has 0 bridgehead atoms. The topological polar surface area (TPSA) is 73.8 Å². The first-order chi connectivity index (χ1) is 13.8. The average Bonchev–Trinajstić information content (AvgIpc) is 2.67. The summed E-state index contributed by atoms with van der Waals surface area (Å²) in [6.45, 7) is 4.26. The van der Waals surface area contributed by atoms with Gasteiger partial charge >= 0.3 is 0 Å². The summed E-state index contributed by atoms with van der Waals surface area (Å²) in [6.07, 6.45) is 1.16. The van der Waals surface area contributed by atoms with Gasteiger partial charge in [-0.2, -0.15) is 0 Å². The molecule has 0 aliphatic rings. The zero-order chi connectivity index (χ0) is 21.3. The van der Waals surface area contributed by atoms with Crippen LogP contribution < -0.4 is 15.5 Å². The molecule has 0 unspecified atom stereocenters. The van der Waals surface area contributed by atoms with Crippen molar-refractivity contribution >= 4 is 45.5 Å². The van der Waals surface area contributed by atoms with Gasteiger partial charge in [0.2, 0.25) is 0 Å². The molecule has 0 aliphatic carbocycles. The van der Waals surface area contributed by atoms with Crippen LogP contribution >= 0.6 is 24.0 Å². The van der Waals surface area contributed by atoms with Crippen LogP contribution in [0.5, 0.6) is 0 Å². The van der Waals surface area contributed by atoms with Crippen molar-refractivity contribution in [3.8, 4) is 0 Å². The number of anilines is 1. The molecule has 0 aromatic heterocycles. The van der Waals surface area contributed by atoms with Crippen LogP contribution in [0.1, 0.15) is 18.1 Å². The number of para-hydroxylation sites is 1. The molecule has 0 saturated heterocycles. The minimum Gasteiger partial charge on any atom is -0.373 e. The van der Waals surface area contributed by atoms with E-state index in [0.717, 1.165) is 18.5 Å². The van der Waals surface area contributed by atoms with Crippen molar-refractivity contribution in [3.63, 3.8) is 0 Å². The fraction of sp³-hybridized carbons (Fsp3) is 0.381. The molecule has 0 saturated carbocycles. The average molecular weight is 548 g/mol. The Morgan fingerprint density at radius 3 is 2.43 bits per heavy atom. The van der Waals surface area contributed by atoms with Crippen LogP contribution in [0.3, 0.4) is 0 Å². The Hall–Kier alpha value is -1.88. The number of likely N-dealkylation sites (N-methyl/N-ethyl adjacent to an activating group) is 1. The zero-order valence-corrected chi connectivity index (χ0v) is 20.7. The second kappa shape index (κ2) is 12.7. The van der Waals surface area contributed by atoms with E-state index in [1.165, 1.54) is 18.2 Å². The van der Waals surface area contributed by atoms with Crippen LogP contribution in [0.25, 0.3) is 0 Å². The number of nitrogens with zero attached hydrogens (tertiary/aromatic N) is 2. The molecule has 0 spiro atoms. The van der Waals surface area contributed by atoms with Crippen molar-refractivity contribution in [2.75, 3.05) is 37.8 Å². The molecule has 166 valence electrons. The predicted octanol–water partition coefficient (Wildman–Crippen LogP) is 3.18. The van der Waals surface area contributed by atoms with E-state index in [4.69, 9.17) is 0 Å². The van der Waals surface area contributed by atoms with Crippen LogP contribution in [0, 0.1) is 5.82 Å². The van der Waals surface area contributed by atoms with Crippen molar-refractivity contribution in [1.29, 1.82) is 0 Å². The van der Waals surface area contributed by atoms with Gasteiger partial charge in [0, 0.05) is 38.6 Å². The summed E-state index contributed by atoms with van der Waals surface area (Å²) in [7, 11) is -1.20. The van der Waals surface area contributed by atoms with Gasteiger partial charge in [-0.1, -0.05) is 24.3 Å². The molecular weight excluding hydrogens is 518 g/mol. The Labute approximate surface area is 195 Å². The van der Waals surface area contributed by atoms with E-state index in [2.05, 4.69) is 20.5 Å². The van der Waals surface area contributed by atoms with Gasteiger partial charge in [0.25, 0.3) is 0 Å². The van der Waals surface area contributed by atoms with Crippen LogP contribution in [0.4, 0.5) is 10.1 Å². The maximum absolute atomic E-state index is 13.7. The van der Waals surface area contributed by atoms with Crippen molar-refractivity contribution in [1.82, 2.24) is 10.6 Å². The predicted molar refractivity (Wildman–Crippen MR) is 133 cm³/mol. The van der Waals surface area contributed by atoms with Crippen molar-refractivity contribution < 1.29 is 12.8 Å². The summed E-state index contributed by atoms with van der Waals surface area (Å²) in [5, 5.41) is 6.42. The summed E-state index contributed by atoms with van der Waals surface area (Å²) in [4.78, 5) is 6.63. The van der Waals surface area contributed by atoms with E-state index in [1.807, 2.05) is 44.3 Å². The highest BCUT2D eigenvalue weighted by molar-refractivity contribution is 14.0. The highest BCUT2D eigenvalue weighted by atomic mass is 127. The number of halogens is 2. The lowest BCUT2D eigenvalue weighted by atomic mass is 10.1. The third-order valence-electron chi connectivity index (χ3n) is 4.27. The minimum atomic E-state index is -3.22. The van der Waals surface area contributed by atoms with Gasteiger partial charge < -0.3 is 15.5 Å². The van der Waals surface area contributed by atoms with Gasteiger partial charge in [-0.25, -0.2) is 17.8 Å². The molecule has 0 heterocycles. The molecule has 2 N–H and O–H groups in total. The molecule has 0 atom stereocenters. The van der Waals surface area contributed by atoms with Gasteiger partial charge in [0.1, 0.15) is 5.82 Å². The molecule has 9 heteroatoms. The van der Waals surface area contributed by atoms with Crippen LogP contribution in [0.2, 0.25) is 0 Å². The van der Waals surface area contributed by atoms with Gasteiger partial charge in [0.05, 0.1) is 12.3 Å². The number of aliphatic imine (C=N–C) groups is 1. The van der Waals surface area contributed by atoms with Gasteiger partial charge in [0.15, 0.2) is 15.8 Å². The van der Waals surface area contributed by atoms with Gasteiger partial charge in [-0.3, -0.25) is 0 Å². The maximum atomic E-state index is 13.7. The number of nitrogens with one attached hydrogen (secondary N) is 2. The Morgan fingerprint density at radius 1 is 1.10 bits per heavy atom. The Bertz CT molecular complexity index is 924. The number of sulfone groups is 1. The van der Waals surface area contributed by atoms with E-state index in [-0.39, 0.29) is 36.3 Å². The Morgan fingerprint density at radius 2 is 1.80 bits per heavy atom. The zero-order valence-electron chi connectivity index (χ0n) is 17.6. The first-order valence-corrected chi connectivity index (χ1v) is 11.6. The fourth-order valence-corrected chi connectivity index (χ4v) is 3.67. The molecule has 30 heavy (non-hydrogen) atoms. The highest BCUT2D eigenvalue weighted by Crippen LogP contribution is 2.15. The lowest BCUT2D eigenvalue weighted by molar-refractivity contribution is 0.600.